The van der Waals surface area contributed by atoms with E-state index < -0.39 is 0 Å². The Morgan fingerprint density at radius 3 is 2.16 bits per heavy atom. The predicted octanol–water partition coefficient (Wildman–Crippen LogP) is 7.62. The zero-order chi connectivity index (χ0) is 25.5. The van der Waals surface area contributed by atoms with Gasteiger partial charge in [0.15, 0.2) is 0 Å². The molecule has 37 heavy (non-hydrogen) atoms. The van der Waals surface area contributed by atoms with Crippen LogP contribution in [0.25, 0.3) is 10.8 Å². The zero-order valence-electron chi connectivity index (χ0n) is 19.9. The van der Waals surface area contributed by atoms with Gasteiger partial charge in [-0.05, 0) is 77.5 Å². The van der Waals surface area contributed by atoms with Crippen molar-refractivity contribution in [1.82, 2.24) is 0 Å². The molecule has 0 aliphatic heterocycles. The number of carbonyl (C=O) groups excluding carboxylic acids is 2. The number of amides is 2. The van der Waals surface area contributed by atoms with E-state index in [0.717, 1.165) is 21.4 Å². The van der Waals surface area contributed by atoms with Crippen molar-refractivity contribution in [2.75, 3.05) is 16.4 Å². The number of ether oxygens (including phenoxy) is 1. The first-order valence-corrected chi connectivity index (χ1v) is 12.8. The van der Waals surface area contributed by atoms with Crippen LogP contribution in [-0.2, 0) is 4.79 Å². The number of carbonyl (C=O) groups is 2. The molecule has 0 aromatic heterocycles. The van der Waals surface area contributed by atoms with Crippen LogP contribution in [0.1, 0.15) is 10.4 Å². The first-order valence-electron chi connectivity index (χ1n) is 11.8. The lowest BCUT2D eigenvalue weighted by Gasteiger charge is -2.09. The lowest BCUT2D eigenvalue weighted by molar-refractivity contribution is -0.113. The van der Waals surface area contributed by atoms with Gasteiger partial charge in [-0.2, -0.15) is 0 Å². The van der Waals surface area contributed by atoms with Crippen molar-refractivity contribution in [2.45, 2.75) is 4.90 Å². The maximum atomic E-state index is 12.8. The molecule has 0 saturated heterocycles. The molecule has 5 nitrogen and oxygen atoms in total. The number of para-hydroxylation sites is 1. The normalized spacial score (nSPS) is 10.6. The van der Waals surface area contributed by atoms with Gasteiger partial charge in [-0.15, -0.1) is 11.8 Å². The van der Waals surface area contributed by atoms with Crippen LogP contribution in [0.15, 0.2) is 126 Å². The Kier molecular flexibility index (Phi) is 7.48. The molecule has 182 valence electrons. The van der Waals surface area contributed by atoms with Crippen LogP contribution < -0.4 is 15.4 Å². The number of thioether (sulfide) groups is 1. The molecule has 5 rings (SSSR count). The van der Waals surface area contributed by atoms with Gasteiger partial charge >= 0.3 is 0 Å². The van der Waals surface area contributed by atoms with E-state index in [-0.39, 0.29) is 17.6 Å². The summed E-state index contributed by atoms with van der Waals surface area (Å²) >= 11 is 1.40. The third-order valence-electron chi connectivity index (χ3n) is 5.59. The fourth-order valence-electron chi connectivity index (χ4n) is 3.77. The predicted molar refractivity (Wildman–Crippen MR) is 151 cm³/mol. The Morgan fingerprint density at radius 1 is 0.622 bits per heavy atom. The molecule has 6 heteroatoms. The highest BCUT2D eigenvalue weighted by atomic mass is 32.2. The monoisotopic (exact) mass is 504 g/mol. The molecule has 2 N–H and O–H groups in total. The standard InChI is InChI=1S/C31H24N2O3S/c34-30(32-25-15-17-28(18-16-25)36-27-10-2-1-3-11-27)21-37-29-12-6-9-26(20-29)33-31(35)24-14-13-22-7-4-5-8-23(22)19-24/h1-20H,21H2,(H,32,34)(H,33,35). The zero-order valence-corrected chi connectivity index (χ0v) is 20.7. The summed E-state index contributed by atoms with van der Waals surface area (Å²) in [6.07, 6.45) is 0. The van der Waals surface area contributed by atoms with Crippen molar-refractivity contribution >= 4 is 45.7 Å². The molecule has 5 aromatic carbocycles. The topological polar surface area (TPSA) is 67.4 Å². The number of hydrogen-bond donors (Lipinski definition) is 2. The number of fused-ring (bicyclic) bond motifs is 1. The van der Waals surface area contributed by atoms with E-state index in [1.54, 1.807) is 0 Å². The van der Waals surface area contributed by atoms with Crippen LogP contribution in [0, 0.1) is 0 Å². The van der Waals surface area contributed by atoms with E-state index in [1.165, 1.54) is 11.8 Å². The summed E-state index contributed by atoms with van der Waals surface area (Å²) in [4.78, 5) is 26.1. The van der Waals surface area contributed by atoms with Crippen molar-refractivity contribution in [1.29, 1.82) is 0 Å². The van der Waals surface area contributed by atoms with Crippen LogP contribution in [0.3, 0.4) is 0 Å². The van der Waals surface area contributed by atoms with Gasteiger partial charge in [0.2, 0.25) is 5.91 Å². The second-order valence-corrected chi connectivity index (χ2v) is 9.37. The number of benzene rings is 5. The van der Waals surface area contributed by atoms with Crippen molar-refractivity contribution in [3.8, 4) is 11.5 Å². The van der Waals surface area contributed by atoms with Crippen molar-refractivity contribution in [3.05, 3.63) is 127 Å². The molecule has 2 amide bonds. The Bertz CT molecular complexity index is 1540. The second kappa shape index (κ2) is 11.5. The van der Waals surface area contributed by atoms with Crippen molar-refractivity contribution in [3.63, 3.8) is 0 Å². The summed E-state index contributed by atoms with van der Waals surface area (Å²) in [5.41, 5.74) is 1.97. The number of nitrogens with one attached hydrogen (secondary N) is 2. The molecule has 0 unspecified atom stereocenters. The fraction of sp³-hybridized carbons (Fsp3) is 0.0323. The number of anilines is 2. The Balaban J connectivity index is 1.14. The first-order chi connectivity index (χ1) is 18.1. The molecule has 0 radical (unpaired) electrons. The highest BCUT2D eigenvalue weighted by molar-refractivity contribution is 8.00. The molecule has 0 saturated carbocycles. The van der Waals surface area contributed by atoms with E-state index in [0.29, 0.717) is 22.7 Å². The molecule has 0 fully saturated rings. The third-order valence-corrected chi connectivity index (χ3v) is 6.58. The fourth-order valence-corrected chi connectivity index (χ4v) is 4.53. The van der Waals surface area contributed by atoms with Crippen LogP contribution in [-0.4, -0.2) is 17.6 Å². The van der Waals surface area contributed by atoms with Crippen LogP contribution in [0.4, 0.5) is 11.4 Å². The second-order valence-electron chi connectivity index (χ2n) is 8.32. The SMILES string of the molecule is O=C(CSc1cccc(NC(=O)c2ccc3ccccc3c2)c1)Nc1ccc(Oc2ccccc2)cc1. The quantitative estimate of drug-likeness (QED) is 0.213. The number of hydrogen-bond acceptors (Lipinski definition) is 4. The lowest BCUT2D eigenvalue weighted by atomic mass is 10.1. The van der Waals surface area contributed by atoms with E-state index in [1.807, 2.05) is 121 Å². The first kappa shape index (κ1) is 24.2. The maximum Gasteiger partial charge on any atom is 0.255 e. The Morgan fingerprint density at radius 2 is 1.35 bits per heavy atom. The summed E-state index contributed by atoms with van der Waals surface area (Å²) in [5.74, 6) is 1.40. The third kappa shape index (κ3) is 6.57. The lowest BCUT2D eigenvalue weighted by Crippen LogP contribution is -2.14. The molecule has 0 aliphatic rings. The van der Waals surface area contributed by atoms with E-state index in [9.17, 15) is 9.59 Å². The molecular formula is C31H24N2O3S. The van der Waals surface area contributed by atoms with Gasteiger partial charge in [0.25, 0.3) is 5.91 Å². The summed E-state index contributed by atoms with van der Waals surface area (Å²) in [6, 6.07) is 37.8. The maximum absolute atomic E-state index is 12.8. The Hall–Kier alpha value is -4.55. The average Bonchev–Trinajstić information content (AvgIpc) is 2.93. The summed E-state index contributed by atoms with van der Waals surface area (Å²) < 4.78 is 5.78. The van der Waals surface area contributed by atoms with Crippen molar-refractivity contribution < 1.29 is 14.3 Å². The van der Waals surface area contributed by atoms with E-state index in [2.05, 4.69) is 10.6 Å². The van der Waals surface area contributed by atoms with Crippen LogP contribution in [0.5, 0.6) is 11.5 Å². The molecular weight excluding hydrogens is 480 g/mol. The highest BCUT2D eigenvalue weighted by Crippen LogP contribution is 2.25. The molecule has 5 aromatic rings. The highest BCUT2D eigenvalue weighted by Gasteiger charge is 2.09. The van der Waals surface area contributed by atoms with Gasteiger partial charge in [-0.1, -0.05) is 54.6 Å². The van der Waals surface area contributed by atoms with E-state index in [4.69, 9.17) is 4.74 Å². The number of rotatable bonds is 8. The van der Waals surface area contributed by atoms with Gasteiger partial charge in [0.1, 0.15) is 11.5 Å². The van der Waals surface area contributed by atoms with Crippen molar-refractivity contribution in [2.24, 2.45) is 0 Å². The molecule has 0 aliphatic carbocycles. The van der Waals surface area contributed by atoms with Gasteiger partial charge < -0.3 is 15.4 Å². The minimum atomic E-state index is -0.176. The molecule has 0 atom stereocenters. The van der Waals surface area contributed by atoms with E-state index >= 15 is 0 Å². The van der Waals surface area contributed by atoms with Gasteiger partial charge in [0.05, 0.1) is 5.75 Å². The van der Waals surface area contributed by atoms with Gasteiger partial charge in [0, 0.05) is 21.8 Å². The molecule has 0 heterocycles. The largest absolute Gasteiger partial charge is 0.457 e. The minimum absolute atomic E-state index is 0.118. The molecule has 0 spiro atoms. The summed E-state index contributed by atoms with van der Waals surface area (Å²) in [7, 11) is 0. The summed E-state index contributed by atoms with van der Waals surface area (Å²) in [5, 5.41) is 7.96. The van der Waals surface area contributed by atoms with Gasteiger partial charge in [-0.3, -0.25) is 9.59 Å². The average molecular weight is 505 g/mol. The Labute approximate surface area is 219 Å². The molecule has 0 bridgehead atoms. The summed E-state index contributed by atoms with van der Waals surface area (Å²) in [6.45, 7) is 0. The minimum Gasteiger partial charge on any atom is -0.457 e. The van der Waals surface area contributed by atoms with Gasteiger partial charge in [-0.25, -0.2) is 0 Å². The smallest absolute Gasteiger partial charge is 0.255 e. The van der Waals surface area contributed by atoms with Crippen LogP contribution >= 0.6 is 11.8 Å². The van der Waals surface area contributed by atoms with Crippen LogP contribution in [0.2, 0.25) is 0 Å².